The van der Waals surface area contributed by atoms with Crippen molar-refractivity contribution in [2.45, 2.75) is 26.3 Å². The van der Waals surface area contributed by atoms with E-state index in [0.717, 1.165) is 18.7 Å². The topological polar surface area (TPSA) is 21.3 Å². The lowest BCUT2D eigenvalue weighted by molar-refractivity contribution is 0.404. The van der Waals surface area contributed by atoms with Gasteiger partial charge in [-0.25, -0.2) is 0 Å². The fourth-order valence-electron chi connectivity index (χ4n) is 2.17. The molecule has 0 bridgehead atoms. The molecule has 2 aromatic rings. The standard InChI is InChI=1S/C16H21NOS/c1-4-11-17-16(15-10-9-12(2)19-15)13-7-5-6-8-14(13)18-3/h5-10,16-17H,4,11H2,1-3H3. The van der Waals surface area contributed by atoms with Crippen LogP contribution in [0.25, 0.3) is 0 Å². The molecule has 0 fully saturated rings. The second kappa shape index (κ2) is 6.73. The van der Waals surface area contributed by atoms with Crippen molar-refractivity contribution in [2.24, 2.45) is 0 Å². The van der Waals surface area contributed by atoms with Crippen molar-refractivity contribution >= 4 is 11.3 Å². The predicted octanol–water partition coefficient (Wildman–Crippen LogP) is 4.15. The van der Waals surface area contributed by atoms with Crippen molar-refractivity contribution in [2.75, 3.05) is 13.7 Å². The summed E-state index contributed by atoms with van der Waals surface area (Å²) in [6, 6.07) is 12.8. The summed E-state index contributed by atoms with van der Waals surface area (Å²) < 4.78 is 5.50. The molecule has 19 heavy (non-hydrogen) atoms. The van der Waals surface area contributed by atoms with E-state index in [1.54, 1.807) is 7.11 Å². The fraction of sp³-hybridized carbons (Fsp3) is 0.375. The Morgan fingerprint density at radius 1 is 1.21 bits per heavy atom. The van der Waals surface area contributed by atoms with Gasteiger partial charge in [-0.3, -0.25) is 0 Å². The summed E-state index contributed by atoms with van der Waals surface area (Å²) in [4.78, 5) is 2.68. The van der Waals surface area contributed by atoms with Crippen molar-refractivity contribution in [3.8, 4) is 5.75 Å². The zero-order chi connectivity index (χ0) is 13.7. The van der Waals surface area contributed by atoms with Gasteiger partial charge in [0.05, 0.1) is 13.2 Å². The maximum absolute atomic E-state index is 5.50. The molecule has 1 N–H and O–H groups in total. The molecule has 0 saturated carbocycles. The third-order valence-electron chi connectivity index (χ3n) is 3.09. The van der Waals surface area contributed by atoms with E-state index in [1.807, 2.05) is 23.5 Å². The Bertz CT molecular complexity index is 521. The van der Waals surface area contributed by atoms with Crippen LogP contribution in [0.15, 0.2) is 36.4 Å². The first-order valence-corrected chi connectivity index (χ1v) is 7.50. The molecule has 1 aromatic carbocycles. The number of thiophene rings is 1. The third-order valence-corrected chi connectivity index (χ3v) is 4.16. The molecule has 2 nitrogen and oxygen atoms in total. The first kappa shape index (κ1) is 14.1. The number of benzene rings is 1. The summed E-state index contributed by atoms with van der Waals surface area (Å²) in [5.74, 6) is 0.946. The van der Waals surface area contributed by atoms with Crippen molar-refractivity contribution in [3.05, 3.63) is 51.7 Å². The minimum Gasteiger partial charge on any atom is -0.496 e. The Kier molecular flexibility index (Phi) is 5.00. The van der Waals surface area contributed by atoms with E-state index in [-0.39, 0.29) is 6.04 Å². The Morgan fingerprint density at radius 3 is 2.63 bits per heavy atom. The van der Waals surface area contributed by atoms with Gasteiger partial charge in [0, 0.05) is 15.3 Å². The van der Waals surface area contributed by atoms with Crippen LogP contribution < -0.4 is 10.1 Å². The number of hydrogen-bond donors (Lipinski definition) is 1. The Morgan fingerprint density at radius 2 is 2.00 bits per heavy atom. The van der Waals surface area contributed by atoms with Gasteiger partial charge in [-0.2, -0.15) is 0 Å². The van der Waals surface area contributed by atoms with Gasteiger partial charge in [-0.1, -0.05) is 25.1 Å². The molecule has 0 spiro atoms. The summed E-state index contributed by atoms with van der Waals surface area (Å²) in [5, 5.41) is 3.62. The summed E-state index contributed by atoms with van der Waals surface area (Å²) in [7, 11) is 1.73. The van der Waals surface area contributed by atoms with Gasteiger partial charge >= 0.3 is 0 Å². The highest BCUT2D eigenvalue weighted by Crippen LogP contribution is 2.33. The Labute approximate surface area is 119 Å². The summed E-state index contributed by atoms with van der Waals surface area (Å²) in [6.07, 6.45) is 1.12. The van der Waals surface area contributed by atoms with E-state index in [0.29, 0.717) is 0 Å². The second-order valence-corrected chi connectivity index (χ2v) is 5.90. The lowest BCUT2D eigenvalue weighted by Gasteiger charge is -2.20. The summed E-state index contributed by atoms with van der Waals surface area (Å²) in [5.41, 5.74) is 1.21. The maximum atomic E-state index is 5.50. The number of aryl methyl sites for hydroxylation is 1. The van der Waals surface area contributed by atoms with E-state index in [9.17, 15) is 0 Å². The molecular formula is C16H21NOS. The number of para-hydroxylation sites is 1. The number of methoxy groups -OCH3 is 1. The Balaban J connectivity index is 2.36. The van der Waals surface area contributed by atoms with Crippen molar-refractivity contribution in [1.82, 2.24) is 5.32 Å². The van der Waals surface area contributed by atoms with E-state index in [1.165, 1.54) is 15.3 Å². The predicted molar refractivity (Wildman–Crippen MR) is 82.2 cm³/mol. The largest absolute Gasteiger partial charge is 0.496 e. The highest BCUT2D eigenvalue weighted by atomic mass is 32.1. The van der Waals surface area contributed by atoms with Crippen molar-refractivity contribution < 1.29 is 4.74 Å². The first-order valence-electron chi connectivity index (χ1n) is 6.69. The number of hydrogen-bond acceptors (Lipinski definition) is 3. The fourth-order valence-corrected chi connectivity index (χ4v) is 3.14. The zero-order valence-corrected chi connectivity index (χ0v) is 12.6. The SMILES string of the molecule is CCCNC(c1ccc(C)s1)c1ccccc1OC. The van der Waals surface area contributed by atoms with Crippen LogP contribution in [0, 0.1) is 6.92 Å². The van der Waals surface area contributed by atoms with E-state index in [4.69, 9.17) is 4.74 Å². The average molecular weight is 275 g/mol. The molecule has 0 aliphatic carbocycles. The lowest BCUT2D eigenvalue weighted by Crippen LogP contribution is -2.22. The minimum atomic E-state index is 0.217. The minimum absolute atomic E-state index is 0.217. The van der Waals surface area contributed by atoms with Crippen LogP contribution in [0.1, 0.15) is 34.7 Å². The third kappa shape index (κ3) is 3.37. The van der Waals surface area contributed by atoms with Crippen LogP contribution in [0.5, 0.6) is 5.75 Å². The average Bonchev–Trinajstić information content (AvgIpc) is 2.86. The molecule has 1 atom stereocenters. The van der Waals surface area contributed by atoms with Crippen LogP contribution in [0.4, 0.5) is 0 Å². The molecule has 3 heteroatoms. The smallest absolute Gasteiger partial charge is 0.124 e. The highest BCUT2D eigenvalue weighted by molar-refractivity contribution is 7.12. The number of ether oxygens (including phenoxy) is 1. The van der Waals surface area contributed by atoms with Crippen molar-refractivity contribution in [3.63, 3.8) is 0 Å². The Hall–Kier alpha value is -1.32. The molecule has 0 aliphatic rings. The molecule has 0 aliphatic heterocycles. The monoisotopic (exact) mass is 275 g/mol. The van der Waals surface area contributed by atoms with E-state index in [2.05, 4.69) is 43.4 Å². The van der Waals surface area contributed by atoms with E-state index < -0.39 is 0 Å². The second-order valence-electron chi connectivity index (χ2n) is 4.58. The molecule has 1 aromatic heterocycles. The molecule has 102 valence electrons. The van der Waals surface area contributed by atoms with Crippen LogP contribution in [0.3, 0.4) is 0 Å². The van der Waals surface area contributed by atoms with Crippen LogP contribution >= 0.6 is 11.3 Å². The summed E-state index contributed by atoms with van der Waals surface area (Å²) >= 11 is 1.84. The van der Waals surface area contributed by atoms with Gasteiger partial charge < -0.3 is 10.1 Å². The molecule has 2 rings (SSSR count). The van der Waals surface area contributed by atoms with Crippen LogP contribution in [0.2, 0.25) is 0 Å². The van der Waals surface area contributed by atoms with Gasteiger partial charge in [-0.05, 0) is 38.1 Å². The van der Waals surface area contributed by atoms with Gasteiger partial charge in [0.15, 0.2) is 0 Å². The lowest BCUT2D eigenvalue weighted by atomic mass is 10.0. The summed E-state index contributed by atoms with van der Waals surface area (Å²) in [6.45, 7) is 5.33. The zero-order valence-electron chi connectivity index (χ0n) is 11.8. The number of nitrogens with one attached hydrogen (secondary N) is 1. The quantitative estimate of drug-likeness (QED) is 0.855. The van der Waals surface area contributed by atoms with Crippen LogP contribution in [-0.2, 0) is 0 Å². The molecule has 0 amide bonds. The molecular weight excluding hydrogens is 254 g/mol. The van der Waals surface area contributed by atoms with Gasteiger partial charge in [-0.15, -0.1) is 11.3 Å². The van der Waals surface area contributed by atoms with Crippen LogP contribution in [-0.4, -0.2) is 13.7 Å². The maximum Gasteiger partial charge on any atom is 0.124 e. The van der Waals surface area contributed by atoms with Gasteiger partial charge in [0.25, 0.3) is 0 Å². The van der Waals surface area contributed by atoms with Crippen molar-refractivity contribution in [1.29, 1.82) is 0 Å². The van der Waals surface area contributed by atoms with Gasteiger partial charge in [0.2, 0.25) is 0 Å². The van der Waals surface area contributed by atoms with E-state index >= 15 is 0 Å². The molecule has 0 saturated heterocycles. The normalized spacial score (nSPS) is 12.4. The molecule has 0 radical (unpaired) electrons. The first-order chi connectivity index (χ1) is 9.26. The molecule has 1 unspecified atom stereocenters. The highest BCUT2D eigenvalue weighted by Gasteiger charge is 2.18. The van der Waals surface area contributed by atoms with Gasteiger partial charge in [0.1, 0.15) is 5.75 Å². The molecule has 1 heterocycles. The number of rotatable bonds is 6.